The molecule has 4 heteroatoms. The van der Waals surface area contributed by atoms with Gasteiger partial charge in [0.25, 0.3) is 0 Å². The van der Waals surface area contributed by atoms with Gasteiger partial charge in [0, 0.05) is 0 Å². The molecule has 0 atom stereocenters. The molecule has 16 heavy (non-hydrogen) atoms. The van der Waals surface area contributed by atoms with Crippen molar-refractivity contribution in [2.45, 2.75) is 12.8 Å². The number of carboxylic acid groups (broad SMARTS) is 1. The van der Waals surface area contributed by atoms with Gasteiger partial charge in [-0.15, -0.1) is 0 Å². The van der Waals surface area contributed by atoms with E-state index in [1.54, 1.807) is 6.07 Å². The van der Waals surface area contributed by atoms with Crippen molar-refractivity contribution in [3.63, 3.8) is 0 Å². The Morgan fingerprint density at radius 2 is 2.31 bits per heavy atom. The minimum atomic E-state index is -0.968. The Labute approximate surface area is 102 Å². The van der Waals surface area contributed by atoms with Crippen molar-refractivity contribution in [1.82, 2.24) is 0 Å². The maximum atomic E-state index is 10.4. The number of hydrogen-bond donors (Lipinski definition) is 1. The summed E-state index contributed by atoms with van der Waals surface area (Å²) >= 11 is 3.47. The van der Waals surface area contributed by atoms with Crippen LogP contribution in [0, 0.1) is 0 Å². The van der Waals surface area contributed by atoms with Gasteiger partial charge in [-0.1, -0.05) is 18.2 Å². The van der Waals surface area contributed by atoms with Gasteiger partial charge in [0.15, 0.2) is 6.61 Å². The number of carbonyl (C=O) groups is 1. The van der Waals surface area contributed by atoms with Gasteiger partial charge in [0.05, 0.1) is 4.47 Å². The van der Waals surface area contributed by atoms with Crippen LogP contribution in [-0.2, 0) is 11.2 Å². The predicted molar refractivity (Wildman–Crippen MR) is 64.6 cm³/mol. The van der Waals surface area contributed by atoms with Crippen LogP contribution in [0.15, 0.2) is 22.7 Å². The molecule has 1 aliphatic carbocycles. The summed E-state index contributed by atoms with van der Waals surface area (Å²) in [5.41, 5.74) is 2.35. The summed E-state index contributed by atoms with van der Waals surface area (Å²) in [7, 11) is 0. The number of allylic oxidation sites excluding steroid dienone is 1. The highest BCUT2D eigenvalue weighted by molar-refractivity contribution is 9.10. The van der Waals surface area contributed by atoms with Crippen molar-refractivity contribution < 1.29 is 14.6 Å². The number of hydrogen-bond acceptors (Lipinski definition) is 2. The largest absolute Gasteiger partial charge is 0.481 e. The highest BCUT2D eigenvalue weighted by atomic mass is 79.9. The summed E-state index contributed by atoms with van der Waals surface area (Å²) in [5.74, 6) is -0.374. The molecule has 0 aliphatic heterocycles. The number of benzene rings is 1. The molecule has 1 aliphatic rings. The van der Waals surface area contributed by atoms with E-state index in [1.165, 1.54) is 11.1 Å². The molecular weight excluding hydrogens is 272 g/mol. The Morgan fingerprint density at radius 1 is 1.50 bits per heavy atom. The standard InChI is InChI=1S/C12H11BrO3/c13-12-9-4-2-1-3-8(9)5-6-10(12)16-7-11(14)15/h1,3,5-6H,2,4,7H2,(H,14,15). The highest BCUT2D eigenvalue weighted by Gasteiger charge is 2.13. The number of ether oxygens (including phenoxy) is 1. The molecule has 2 rings (SSSR count). The van der Waals surface area contributed by atoms with Crippen LogP contribution < -0.4 is 4.74 Å². The van der Waals surface area contributed by atoms with E-state index in [4.69, 9.17) is 9.84 Å². The lowest BCUT2D eigenvalue weighted by molar-refractivity contribution is -0.139. The van der Waals surface area contributed by atoms with Gasteiger partial charge in [-0.2, -0.15) is 0 Å². The summed E-state index contributed by atoms with van der Waals surface area (Å²) in [4.78, 5) is 10.4. The first-order chi connectivity index (χ1) is 7.68. The number of carboxylic acids is 1. The van der Waals surface area contributed by atoms with Gasteiger partial charge in [-0.05, 0) is 46.0 Å². The highest BCUT2D eigenvalue weighted by Crippen LogP contribution is 2.34. The van der Waals surface area contributed by atoms with E-state index in [9.17, 15) is 4.79 Å². The van der Waals surface area contributed by atoms with Crippen LogP contribution in [-0.4, -0.2) is 17.7 Å². The molecule has 0 spiro atoms. The minimum Gasteiger partial charge on any atom is -0.481 e. The summed E-state index contributed by atoms with van der Waals surface area (Å²) in [6.45, 7) is -0.312. The first-order valence-electron chi connectivity index (χ1n) is 5.01. The Morgan fingerprint density at radius 3 is 3.06 bits per heavy atom. The molecule has 0 unspecified atom stereocenters. The van der Waals surface area contributed by atoms with Gasteiger partial charge in [-0.3, -0.25) is 0 Å². The Hall–Kier alpha value is -1.29. The second kappa shape index (κ2) is 4.70. The van der Waals surface area contributed by atoms with Crippen LogP contribution in [0.1, 0.15) is 17.5 Å². The quantitative estimate of drug-likeness (QED) is 0.927. The number of halogens is 1. The third-order valence-electron chi connectivity index (χ3n) is 2.45. The fourth-order valence-electron chi connectivity index (χ4n) is 1.71. The van der Waals surface area contributed by atoms with Crippen LogP contribution in [0.3, 0.4) is 0 Å². The van der Waals surface area contributed by atoms with Crippen LogP contribution in [0.5, 0.6) is 5.75 Å². The van der Waals surface area contributed by atoms with Crippen LogP contribution in [0.4, 0.5) is 0 Å². The fraction of sp³-hybridized carbons (Fsp3) is 0.250. The van der Waals surface area contributed by atoms with Gasteiger partial charge in [0.2, 0.25) is 0 Å². The van der Waals surface area contributed by atoms with Crippen molar-refractivity contribution in [1.29, 1.82) is 0 Å². The fourth-order valence-corrected chi connectivity index (χ4v) is 2.39. The molecule has 0 amide bonds. The Kier molecular flexibility index (Phi) is 3.29. The minimum absolute atomic E-state index is 0.312. The summed E-state index contributed by atoms with van der Waals surface area (Å²) < 4.78 is 6.06. The normalized spacial score (nSPS) is 13.3. The lowest BCUT2D eigenvalue weighted by atomic mass is 9.97. The molecule has 0 saturated carbocycles. The maximum absolute atomic E-state index is 10.4. The molecule has 3 nitrogen and oxygen atoms in total. The summed E-state index contributed by atoms with van der Waals surface area (Å²) in [5, 5.41) is 8.55. The number of aliphatic carboxylic acids is 1. The molecule has 1 aromatic carbocycles. The van der Waals surface area contributed by atoms with E-state index < -0.39 is 5.97 Å². The molecule has 1 aromatic rings. The number of rotatable bonds is 3. The first kappa shape index (κ1) is 11.2. The van der Waals surface area contributed by atoms with Crippen molar-refractivity contribution >= 4 is 28.0 Å². The van der Waals surface area contributed by atoms with E-state index >= 15 is 0 Å². The van der Waals surface area contributed by atoms with Crippen LogP contribution >= 0.6 is 15.9 Å². The third kappa shape index (κ3) is 2.27. The Bertz CT molecular complexity index is 452. The van der Waals surface area contributed by atoms with Gasteiger partial charge in [-0.25, -0.2) is 4.79 Å². The van der Waals surface area contributed by atoms with E-state index in [2.05, 4.69) is 28.1 Å². The average molecular weight is 283 g/mol. The van der Waals surface area contributed by atoms with Crippen molar-refractivity contribution in [3.8, 4) is 5.75 Å². The topological polar surface area (TPSA) is 46.5 Å². The summed E-state index contributed by atoms with van der Waals surface area (Å²) in [6.07, 6.45) is 6.17. The van der Waals surface area contributed by atoms with Crippen molar-refractivity contribution in [2.24, 2.45) is 0 Å². The molecule has 0 heterocycles. The predicted octanol–water partition coefficient (Wildman–Crippen LogP) is 2.87. The zero-order valence-corrected chi connectivity index (χ0v) is 10.2. The van der Waals surface area contributed by atoms with Crippen molar-refractivity contribution in [3.05, 3.63) is 33.8 Å². The van der Waals surface area contributed by atoms with Gasteiger partial charge < -0.3 is 9.84 Å². The molecule has 0 radical (unpaired) electrons. The number of fused-ring (bicyclic) bond motifs is 1. The average Bonchev–Trinajstić information content (AvgIpc) is 2.28. The molecule has 0 bridgehead atoms. The van der Waals surface area contributed by atoms with Crippen LogP contribution in [0.2, 0.25) is 0 Å². The second-order valence-electron chi connectivity index (χ2n) is 3.57. The maximum Gasteiger partial charge on any atom is 0.341 e. The monoisotopic (exact) mass is 282 g/mol. The van der Waals surface area contributed by atoms with Crippen molar-refractivity contribution in [2.75, 3.05) is 6.61 Å². The molecule has 1 N–H and O–H groups in total. The zero-order chi connectivity index (χ0) is 11.5. The lowest BCUT2D eigenvalue weighted by Crippen LogP contribution is -2.10. The van der Waals surface area contributed by atoms with E-state index in [1.807, 2.05) is 6.07 Å². The third-order valence-corrected chi connectivity index (χ3v) is 3.32. The van der Waals surface area contributed by atoms with Crippen LogP contribution in [0.25, 0.3) is 6.08 Å². The molecule has 84 valence electrons. The first-order valence-corrected chi connectivity index (χ1v) is 5.80. The zero-order valence-electron chi connectivity index (χ0n) is 8.57. The molecule has 0 fully saturated rings. The second-order valence-corrected chi connectivity index (χ2v) is 4.36. The molecule has 0 aromatic heterocycles. The van der Waals surface area contributed by atoms with E-state index in [0.717, 1.165) is 17.3 Å². The Balaban J connectivity index is 2.28. The van der Waals surface area contributed by atoms with E-state index in [0.29, 0.717) is 5.75 Å². The smallest absolute Gasteiger partial charge is 0.341 e. The van der Waals surface area contributed by atoms with Gasteiger partial charge >= 0.3 is 5.97 Å². The molecule has 0 saturated heterocycles. The van der Waals surface area contributed by atoms with E-state index in [-0.39, 0.29) is 6.61 Å². The molecular formula is C12H11BrO3. The SMILES string of the molecule is O=C(O)COc1ccc2c(c1Br)CCC=C2. The summed E-state index contributed by atoms with van der Waals surface area (Å²) in [6, 6.07) is 3.74. The lowest BCUT2D eigenvalue weighted by Gasteiger charge is -2.15. The van der Waals surface area contributed by atoms with Gasteiger partial charge in [0.1, 0.15) is 5.75 Å².